The van der Waals surface area contributed by atoms with Gasteiger partial charge in [0.2, 0.25) is 5.91 Å². The first kappa shape index (κ1) is 8.99. The fraction of sp³-hybridized carbons (Fsp3) is 0.571. The molecule has 0 heterocycles. The first-order chi connectivity index (χ1) is 4.66. The second-order valence-electron chi connectivity index (χ2n) is 2.22. The van der Waals surface area contributed by atoms with E-state index in [1.54, 1.807) is 4.90 Å². The Labute approximate surface area is 61.4 Å². The van der Waals surface area contributed by atoms with E-state index in [1.165, 1.54) is 0 Å². The molecular weight excluding hydrogens is 128 g/mol. The van der Waals surface area contributed by atoms with Crippen LogP contribution >= 0.6 is 0 Å². The van der Waals surface area contributed by atoms with Crippen molar-refractivity contribution >= 4 is 5.91 Å². The summed E-state index contributed by atoms with van der Waals surface area (Å²) < 4.78 is 0. The van der Waals surface area contributed by atoms with Gasteiger partial charge in [-0.25, -0.2) is 0 Å². The number of carbonyl (C=O) groups is 1. The minimum atomic E-state index is -0.0389. The summed E-state index contributed by atoms with van der Waals surface area (Å²) in [6.45, 7) is 0.703. The van der Waals surface area contributed by atoms with Crippen LogP contribution < -0.4 is 5.32 Å². The summed E-state index contributed by atoms with van der Waals surface area (Å²) in [5.74, 6) is 2.28. The molecule has 0 radical (unpaired) electrons. The van der Waals surface area contributed by atoms with Crippen LogP contribution in [0.3, 0.4) is 0 Å². The van der Waals surface area contributed by atoms with Gasteiger partial charge in [-0.1, -0.05) is 5.92 Å². The Bertz CT molecular complexity index is 146. The number of nitrogens with zero attached hydrogens (tertiary/aromatic N) is 1. The molecule has 0 aromatic carbocycles. The molecule has 0 aromatic rings. The molecular formula is C7H12N2O. The molecule has 56 valence electrons. The van der Waals surface area contributed by atoms with Crippen molar-refractivity contribution in [2.24, 2.45) is 0 Å². The van der Waals surface area contributed by atoms with Crippen molar-refractivity contribution < 1.29 is 4.79 Å². The van der Waals surface area contributed by atoms with Gasteiger partial charge in [-0.3, -0.25) is 4.79 Å². The van der Waals surface area contributed by atoms with Crippen LogP contribution in [0.1, 0.15) is 0 Å². The highest BCUT2D eigenvalue weighted by atomic mass is 16.1. The minimum absolute atomic E-state index is 0.0389. The number of hydrogen-bond donors (Lipinski definition) is 1. The fourth-order valence-corrected chi connectivity index (χ4v) is 0.493. The zero-order valence-corrected chi connectivity index (χ0v) is 6.35. The van der Waals surface area contributed by atoms with E-state index >= 15 is 0 Å². The van der Waals surface area contributed by atoms with Gasteiger partial charge in [0, 0.05) is 0 Å². The van der Waals surface area contributed by atoms with E-state index in [2.05, 4.69) is 11.2 Å². The first-order valence-corrected chi connectivity index (χ1v) is 3.01. The zero-order chi connectivity index (χ0) is 7.98. The SMILES string of the molecule is C#CCNC(=O)CN(C)C. The summed E-state index contributed by atoms with van der Waals surface area (Å²) in [7, 11) is 3.66. The molecule has 3 heteroatoms. The van der Waals surface area contributed by atoms with Crippen LogP contribution in [0.4, 0.5) is 0 Å². The number of likely N-dealkylation sites (N-methyl/N-ethyl adjacent to an activating group) is 1. The van der Waals surface area contributed by atoms with Crippen molar-refractivity contribution in [1.29, 1.82) is 0 Å². The van der Waals surface area contributed by atoms with Gasteiger partial charge in [0.1, 0.15) is 0 Å². The van der Waals surface area contributed by atoms with Gasteiger partial charge in [0.25, 0.3) is 0 Å². The molecule has 0 fully saturated rings. The van der Waals surface area contributed by atoms with E-state index in [0.717, 1.165) is 0 Å². The normalized spacial score (nSPS) is 9.00. The fourth-order valence-electron chi connectivity index (χ4n) is 0.493. The number of rotatable bonds is 3. The van der Waals surface area contributed by atoms with Crippen molar-refractivity contribution in [2.75, 3.05) is 27.2 Å². The van der Waals surface area contributed by atoms with Crippen molar-refractivity contribution in [1.82, 2.24) is 10.2 Å². The Morgan fingerprint density at radius 3 is 2.70 bits per heavy atom. The maximum atomic E-state index is 10.8. The summed E-state index contributed by atoms with van der Waals surface area (Å²) in [5.41, 5.74) is 0. The molecule has 0 bridgehead atoms. The highest BCUT2D eigenvalue weighted by Gasteiger charge is 1.98. The van der Waals surface area contributed by atoms with E-state index in [-0.39, 0.29) is 5.91 Å². The average Bonchev–Trinajstić information content (AvgIpc) is 1.82. The third-order valence-corrected chi connectivity index (χ3v) is 0.847. The maximum absolute atomic E-state index is 10.8. The molecule has 0 saturated heterocycles. The predicted molar refractivity (Wildman–Crippen MR) is 40.4 cm³/mol. The third kappa shape index (κ3) is 5.13. The number of carbonyl (C=O) groups excluding carboxylic acids is 1. The lowest BCUT2D eigenvalue weighted by Gasteiger charge is -2.07. The van der Waals surface area contributed by atoms with Crippen LogP contribution in [0.2, 0.25) is 0 Å². The molecule has 0 spiro atoms. The first-order valence-electron chi connectivity index (χ1n) is 3.01. The molecule has 0 atom stereocenters. The second kappa shape index (κ2) is 4.83. The third-order valence-electron chi connectivity index (χ3n) is 0.847. The van der Waals surface area contributed by atoms with E-state index in [1.807, 2.05) is 14.1 Å². The van der Waals surface area contributed by atoms with Crippen LogP contribution in [0.5, 0.6) is 0 Å². The highest BCUT2D eigenvalue weighted by Crippen LogP contribution is 1.72. The number of hydrogen-bond acceptors (Lipinski definition) is 2. The lowest BCUT2D eigenvalue weighted by atomic mass is 10.5. The van der Waals surface area contributed by atoms with Gasteiger partial charge in [-0.2, -0.15) is 0 Å². The smallest absolute Gasteiger partial charge is 0.234 e. The Hall–Kier alpha value is -1.01. The predicted octanol–water partition coefficient (Wildman–Crippen LogP) is -0.703. The molecule has 10 heavy (non-hydrogen) atoms. The van der Waals surface area contributed by atoms with Gasteiger partial charge in [-0.05, 0) is 14.1 Å². The minimum Gasteiger partial charge on any atom is -0.344 e. The number of terminal acetylenes is 1. The monoisotopic (exact) mass is 140 g/mol. The molecule has 0 rings (SSSR count). The molecule has 0 aromatic heterocycles. The molecule has 1 amide bonds. The largest absolute Gasteiger partial charge is 0.344 e. The van der Waals surface area contributed by atoms with Crippen molar-refractivity contribution in [3.63, 3.8) is 0 Å². The molecule has 1 N–H and O–H groups in total. The zero-order valence-electron chi connectivity index (χ0n) is 6.35. The summed E-state index contributed by atoms with van der Waals surface area (Å²) >= 11 is 0. The lowest BCUT2D eigenvalue weighted by molar-refractivity contribution is -0.121. The van der Waals surface area contributed by atoms with Crippen molar-refractivity contribution in [3.8, 4) is 12.3 Å². The van der Waals surface area contributed by atoms with Gasteiger partial charge < -0.3 is 10.2 Å². The molecule has 3 nitrogen and oxygen atoms in total. The van der Waals surface area contributed by atoms with E-state index in [9.17, 15) is 4.79 Å². The van der Waals surface area contributed by atoms with Crippen LogP contribution in [-0.4, -0.2) is 38.0 Å². The van der Waals surface area contributed by atoms with E-state index < -0.39 is 0 Å². The van der Waals surface area contributed by atoms with Gasteiger partial charge in [0.05, 0.1) is 13.1 Å². The molecule has 0 aliphatic rings. The lowest BCUT2D eigenvalue weighted by Crippen LogP contribution is -2.33. The Morgan fingerprint density at radius 2 is 2.30 bits per heavy atom. The molecule has 0 unspecified atom stereocenters. The van der Waals surface area contributed by atoms with Gasteiger partial charge in [0.15, 0.2) is 0 Å². The van der Waals surface area contributed by atoms with Crippen LogP contribution in [0.15, 0.2) is 0 Å². The molecule has 0 saturated carbocycles. The Kier molecular flexibility index (Phi) is 4.34. The Morgan fingerprint density at radius 1 is 1.70 bits per heavy atom. The highest BCUT2D eigenvalue weighted by molar-refractivity contribution is 5.78. The van der Waals surface area contributed by atoms with Gasteiger partial charge >= 0.3 is 0 Å². The summed E-state index contributed by atoms with van der Waals surface area (Å²) in [6.07, 6.45) is 4.93. The number of nitrogens with one attached hydrogen (secondary N) is 1. The second-order valence-corrected chi connectivity index (χ2v) is 2.22. The summed E-state index contributed by atoms with van der Waals surface area (Å²) in [5, 5.41) is 2.55. The van der Waals surface area contributed by atoms with E-state index in [4.69, 9.17) is 6.42 Å². The number of amides is 1. The summed E-state index contributed by atoms with van der Waals surface area (Å²) in [4.78, 5) is 12.5. The quantitative estimate of drug-likeness (QED) is 0.526. The van der Waals surface area contributed by atoms with Crippen LogP contribution in [-0.2, 0) is 4.79 Å². The molecule has 0 aliphatic carbocycles. The maximum Gasteiger partial charge on any atom is 0.234 e. The standard InChI is InChI=1S/C7H12N2O/c1-4-5-8-7(10)6-9(2)3/h1H,5-6H2,2-3H3,(H,8,10). The summed E-state index contributed by atoms with van der Waals surface area (Å²) in [6, 6.07) is 0. The van der Waals surface area contributed by atoms with Crippen LogP contribution in [0, 0.1) is 12.3 Å². The topological polar surface area (TPSA) is 32.3 Å². The van der Waals surface area contributed by atoms with E-state index in [0.29, 0.717) is 13.1 Å². The van der Waals surface area contributed by atoms with Crippen LogP contribution in [0.25, 0.3) is 0 Å². The van der Waals surface area contributed by atoms with Crippen molar-refractivity contribution in [2.45, 2.75) is 0 Å². The molecule has 0 aliphatic heterocycles. The average molecular weight is 140 g/mol. The van der Waals surface area contributed by atoms with Crippen molar-refractivity contribution in [3.05, 3.63) is 0 Å². The Balaban J connectivity index is 3.37. The van der Waals surface area contributed by atoms with Gasteiger partial charge in [-0.15, -0.1) is 6.42 Å².